The number of carbonyl (C=O) groups excluding carboxylic acids is 1. The average Bonchev–Trinajstić information content (AvgIpc) is 2.67. The quantitative estimate of drug-likeness (QED) is 0.607. The number of aryl methyl sites for hydroxylation is 1. The minimum Gasteiger partial charge on any atom is -0.478 e. The maximum absolute atomic E-state index is 14.1. The number of hydrogen-bond acceptors (Lipinski definition) is 8. The lowest BCUT2D eigenvalue weighted by Crippen LogP contribution is -2.37. The summed E-state index contributed by atoms with van der Waals surface area (Å²) in [6, 6.07) is 3.78. The maximum atomic E-state index is 14.1. The van der Waals surface area contributed by atoms with Crippen LogP contribution in [0, 0.1) is 12.7 Å². The van der Waals surface area contributed by atoms with E-state index in [1.165, 1.54) is 25.4 Å². The van der Waals surface area contributed by atoms with Crippen LogP contribution in [-0.4, -0.2) is 33.0 Å². The van der Waals surface area contributed by atoms with Gasteiger partial charge in [0.2, 0.25) is 5.95 Å². The number of methoxy groups -OCH3 is 1. The number of anilines is 2. The molecule has 1 aliphatic heterocycles. The smallest absolute Gasteiger partial charge is 0.257 e. The van der Waals surface area contributed by atoms with Gasteiger partial charge in [-0.25, -0.2) is 24.3 Å². The van der Waals surface area contributed by atoms with Crippen molar-refractivity contribution in [1.82, 2.24) is 25.3 Å². The predicted molar refractivity (Wildman–Crippen MR) is 103 cm³/mol. The van der Waals surface area contributed by atoms with E-state index in [4.69, 9.17) is 16.2 Å². The Kier molecular flexibility index (Phi) is 4.45. The summed E-state index contributed by atoms with van der Waals surface area (Å²) in [6.07, 6.45) is 1.80. The van der Waals surface area contributed by atoms with Gasteiger partial charge in [0.15, 0.2) is 5.82 Å². The highest BCUT2D eigenvalue weighted by Crippen LogP contribution is 2.34. The van der Waals surface area contributed by atoms with E-state index in [9.17, 15) is 9.18 Å². The molecule has 10 heteroatoms. The zero-order valence-electron chi connectivity index (χ0n) is 15.7. The summed E-state index contributed by atoms with van der Waals surface area (Å²) >= 11 is 0. The number of nitrogen functional groups attached to an aromatic ring is 2. The molecule has 0 unspecified atom stereocenters. The van der Waals surface area contributed by atoms with Crippen LogP contribution < -0.4 is 21.5 Å². The standard InChI is InChI=1S/C19H18FN7O2/c1-8-15-13(27-19(22)24-8)6-12(25-17(15)28)10-4-3-9(20)5-11(10)14-7-23-16(21)18(26-14)29-2/h3-5,7,12H,6H2,1-2H3,(H2,21,23)(H,25,28)(H2,22,24,27)/t12-/m0/s1. The van der Waals surface area contributed by atoms with Gasteiger partial charge in [0.25, 0.3) is 11.8 Å². The molecule has 0 aliphatic carbocycles. The van der Waals surface area contributed by atoms with Crippen LogP contribution in [0.5, 0.6) is 5.88 Å². The molecule has 1 aliphatic rings. The molecule has 0 fully saturated rings. The highest BCUT2D eigenvalue weighted by molar-refractivity contribution is 5.98. The zero-order chi connectivity index (χ0) is 20.7. The molecule has 0 saturated carbocycles. The Bertz CT molecular complexity index is 1140. The normalized spacial score (nSPS) is 15.6. The van der Waals surface area contributed by atoms with E-state index in [0.29, 0.717) is 40.2 Å². The van der Waals surface area contributed by atoms with Crippen molar-refractivity contribution in [3.05, 3.63) is 52.7 Å². The van der Waals surface area contributed by atoms with Crippen molar-refractivity contribution in [1.29, 1.82) is 0 Å². The summed E-state index contributed by atoms with van der Waals surface area (Å²) in [5.41, 5.74) is 14.4. The Balaban J connectivity index is 1.82. The summed E-state index contributed by atoms with van der Waals surface area (Å²) < 4.78 is 19.2. The van der Waals surface area contributed by atoms with Gasteiger partial charge in [0, 0.05) is 12.0 Å². The molecule has 0 spiro atoms. The van der Waals surface area contributed by atoms with E-state index in [1.807, 2.05) is 0 Å². The number of nitrogens with one attached hydrogen (secondary N) is 1. The lowest BCUT2D eigenvalue weighted by Gasteiger charge is -2.27. The molecule has 1 aromatic carbocycles. The number of carbonyl (C=O) groups is 1. The first-order chi connectivity index (χ1) is 13.9. The summed E-state index contributed by atoms with van der Waals surface area (Å²) in [4.78, 5) is 29.3. The van der Waals surface area contributed by atoms with E-state index in [1.54, 1.807) is 13.0 Å². The SMILES string of the molecule is COc1nc(-c2cc(F)ccc2[C@@H]2Cc3nc(N)nc(C)c3C(=O)N2)cnc1N. The fourth-order valence-electron chi connectivity index (χ4n) is 3.48. The first-order valence-electron chi connectivity index (χ1n) is 8.77. The van der Waals surface area contributed by atoms with Crippen LogP contribution in [-0.2, 0) is 6.42 Å². The Morgan fingerprint density at radius 1 is 1.24 bits per heavy atom. The van der Waals surface area contributed by atoms with Gasteiger partial charge in [0.05, 0.1) is 42.0 Å². The van der Waals surface area contributed by atoms with E-state index < -0.39 is 11.9 Å². The second kappa shape index (κ2) is 6.97. The molecule has 3 aromatic rings. The van der Waals surface area contributed by atoms with Gasteiger partial charge >= 0.3 is 0 Å². The number of aromatic nitrogens is 4. The molecule has 0 saturated heterocycles. The Morgan fingerprint density at radius 2 is 2.03 bits per heavy atom. The fraction of sp³-hybridized carbons (Fsp3) is 0.211. The van der Waals surface area contributed by atoms with Gasteiger partial charge in [-0.3, -0.25) is 4.79 Å². The van der Waals surface area contributed by atoms with Crippen LogP contribution >= 0.6 is 0 Å². The second-order valence-electron chi connectivity index (χ2n) is 6.60. The number of fused-ring (bicyclic) bond motifs is 1. The predicted octanol–water partition coefficient (Wildman–Crippen LogP) is 1.58. The molecule has 148 valence electrons. The molecule has 1 atom stereocenters. The van der Waals surface area contributed by atoms with Gasteiger partial charge in [-0.05, 0) is 24.6 Å². The molecule has 4 rings (SSSR count). The molecule has 29 heavy (non-hydrogen) atoms. The number of benzene rings is 1. The van der Waals surface area contributed by atoms with Crippen LogP contribution in [0.3, 0.4) is 0 Å². The van der Waals surface area contributed by atoms with Crippen LogP contribution in [0.2, 0.25) is 0 Å². The average molecular weight is 395 g/mol. The minimum absolute atomic E-state index is 0.100. The topological polar surface area (TPSA) is 142 Å². The highest BCUT2D eigenvalue weighted by Gasteiger charge is 2.30. The van der Waals surface area contributed by atoms with E-state index >= 15 is 0 Å². The minimum atomic E-state index is -0.468. The summed E-state index contributed by atoms with van der Waals surface area (Å²) in [6.45, 7) is 1.70. The molecular weight excluding hydrogens is 377 g/mol. The lowest BCUT2D eigenvalue weighted by atomic mass is 9.90. The number of rotatable bonds is 3. The largest absolute Gasteiger partial charge is 0.478 e. The number of halogens is 1. The lowest BCUT2D eigenvalue weighted by molar-refractivity contribution is 0.0922. The maximum Gasteiger partial charge on any atom is 0.257 e. The molecule has 0 bridgehead atoms. The van der Waals surface area contributed by atoms with Crippen LogP contribution in [0.25, 0.3) is 11.3 Å². The van der Waals surface area contributed by atoms with Crippen molar-refractivity contribution >= 4 is 17.7 Å². The highest BCUT2D eigenvalue weighted by atomic mass is 19.1. The molecule has 1 amide bonds. The van der Waals surface area contributed by atoms with Gasteiger partial charge in [-0.2, -0.15) is 0 Å². The monoisotopic (exact) mass is 395 g/mol. The first-order valence-corrected chi connectivity index (χ1v) is 8.77. The molecule has 5 N–H and O–H groups in total. The van der Waals surface area contributed by atoms with Gasteiger partial charge in [0.1, 0.15) is 5.82 Å². The number of hydrogen-bond donors (Lipinski definition) is 3. The summed E-state index contributed by atoms with van der Waals surface area (Å²) in [5.74, 6) is -0.414. The number of nitrogens with zero attached hydrogens (tertiary/aromatic N) is 4. The van der Waals surface area contributed by atoms with Crippen molar-refractivity contribution in [2.45, 2.75) is 19.4 Å². The van der Waals surface area contributed by atoms with Crippen molar-refractivity contribution in [3.63, 3.8) is 0 Å². The van der Waals surface area contributed by atoms with E-state index in [2.05, 4.69) is 25.3 Å². The second-order valence-corrected chi connectivity index (χ2v) is 6.60. The third-order valence-corrected chi connectivity index (χ3v) is 4.74. The van der Waals surface area contributed by atoms with Crippen molar-refractivity contribution in [2.24, 2.45) is 0 Å². The summed E-state index contributed by atoms with van der Waals surface area (Å²) in [7, 11) is 1.42. The fourth-order valence-corrected chi connectivity index (χ4v) is 3.48. The Labute approximate surface area is 165 Å². The van der Waals surface area contributed by atoms with Gasteiger partial charge in [-0.15, -0.1) is 0 Å². The molecule has 0 radical (unpaired) electrons. The Morgan fingerprint density at radius 3 is 2.79 bits per heavy atom. The number of nitrogens with two attached hydrogens (primary N) is 2. The molecular formula is C19H18FN7O2. The molecule has 2 aromatic heterocycles. The van der Waals surface area contributed by atoms with E-state index in [-0.39, 0.29) is 23.6 Å². The van der Waals surface area contributed by atoms with Gasteiger partial charge < -0.3 is 21.5 Å². The van der Waals surface area contributed by atoms with Crippen molar-refractivity contribution < 1.29 is 13.9 Å². The number of amides is 1. The molecule has 3 heterocycles. The summed E-state index contributed by atoms with van der Waals surface area (Å²) in [5, 5.41) is 2.93. The van der Waals surface area contributed by atoms with Crippen molar-refractivity contribution in [3.8, 4) is 17.1 Å². The molecule has 9 nitrogen and oxygen atoms in total. The van der Waals surface area contributed by atoms with Crippen molar-refractivity contribution in [2.75, 3.05) is 18.6 Å². The Hall–Kier alpha value is -3.82. The third-order valence-electron chi connectivity index (χ3n) is 4.74. The van der Waals surface area contributed by atoms with Crippen LogP contribution in [0.1, 0.15) is 33.4 Å². The third kappa shape index (κ3) is 3.28. The first kappa shape index (κ1) is 18.5. The zero-order valence-corrected chi connectivity index (χ0v) is 15.7. The van der Waals surface area contributed by atoms with Crippen LogP contribution in [0.4, 0.5) is 16.2 Å². The van der Waals surface area contributed by atoms with Gasteiger partial charge in [-0.1, -0.05) is 6.07 Å². The van der Waals surface area contributed by atoms with Crippen LogP contribution in [0.15, 0.2) is 24.4 Å². The van der Waals surface area contributed by atoms with E-state index in [0.717, 1.165) is 0 Å². The number of ether oxygens (including phenoxy) is 1.